The van der Waals surface area contributed by atoms with Gasteiger partial charge >= 0.3 is 6.01 Å². The van der Waals surface area contributed by atoms with E-state index in [4.69, 9.17) is 20.4 Å². The van der Waals surface area contributed by atoms with E-state index < -0.39 is 0 Å². The summed E-state index contributed by atoms with van der Waals surface area (Å²) >= 11 is 0. The standard InChI is InChI=1S/C23H25FN6O/c1-13-5-6-16(11-27-13)31-23-28-20-10-17-18(8-14(24)9-19(17)26-2)21(20)22(29-23)30-7-3-4-15(25)12-30/h5-6,8-9,11,15,26H,3-4,7,10,12,25H2,1-2H3/t15-/m0/s1. The third-order valence-corrected chi connectivity index (χ3v) is 5.89. The number of halogens is 1. The van der Waals surface area contributed by atoms with Crippen molar-refractivity contribution >= 4 is 11.5 Å². The molecule has 5 rings (SSSR count). The highest BCUT2D eigenvalue weighted by atomic mass is 19.1. The molecule has 0 radical (unpaired) electrons. The number of fused-ring (bicyclic) bond motifs is 3. The van der Waals surface area contributed by atoms with Gasteiger partial charge in [-0.05, 0) is 55.2 Å². The number of hydrogen-bond acceptors (Lipinski definition) is 7. The van der Waals surface area contributed by atoms with Crippen molar-refractivity contribution in [2.75, 3.05) is 30.4 Å². The average molecular weight is 420 g/mol. The molecule has 31 heavy (non-hydrogen) atoms. The van der Waals surface area contributed by atoms with Gasteiger partial charge in [0.15, 0.2) is 0 Å². The number of ether oxygens (including phenoxy) is 1. The summed E-state index contributed by atoms with van der Waals surface area (Å²) < 4.78 is 20.4. The zero-order valence-corrected chi connectivity index (χ0v) is 17.7. The number of pyridine rings is 1. The summed E-state index contributed by atoms with van der Waals surface area (Å²) in [5.41, 5.74) is 11.5. The minimum absolute atomic E-state index is 0.0753. The third kappa shape index (κ3) is 3.67. The Kier molecular flexibility index (Phi) is 4.94. The summed E-state index contributed by atoms with van der Waals surface area (Å²) in [7, 11) is 1.80. The van der Waals surface area contributed by atoms with Gasteiger partial charge in [0.05, 0.1) is 11.9 Å². The Hall–Kier alpha value is -3.26. The van der Waals surface area contributed by atoms with Crippen LogP contribution in [0.5, 0.6) is 11.8 Å². The van der Waals surface area contributed by atoms with Crippen LogP contribution in [0.4, 0.5) is 15.9 Å². The molecule has 2 aliphatic rings. The lowest BCUT2D eigenvalue weighted by Crippen LogP contribution is -2.43. The fraction of sp³-hybridized carbons (Fsp3) is 0.348. The largest absolute Gasteiger partial charge is 0.423 e. The monoisotopic (exact) mass is 420 g/mol. The molecule has 3 N–H and O–H groups in total. The maximum absolute atomic E-state index is 14.4. The van der Waals surface area contributed by atoms with Gasteiger partial charge < -0.3 is 20.7 Å². The van der Waals surface area contributed by atoms with Crippen LogP contribution in [0.15, 0.2) is 30.5 Å². The van der Waals surface area contributed by atoms with E-state index in [1.54, 1.807) is 19.3 Å². The molecule has 1 saturated heterocycles. The van der Waals surface area contributed by atoms with Crippen LogP contribution in [0.1, 0.15) is 29.8 Å². The van der Waals surface area contributed by atoms with Crippen LogP contribution in [0, 0.1) is 12.7 Å². The van der Waals surface area contributed by atoms with Gasteiger partial charge in [0.25, 0.3) is 0 Å². The predicted octanol–water partition coefficient (Wildman–Crippen LogP) is 3.65. The van der Waals surface area contributed by atoms with Crippen molar-refractivity contribution in [3.05, 3.63) is 53.2 Å². The quantitative estimate of drug-likeness (QED) is 0.521. The van der Waals surface area contributed by atoms with Crippen LogP contribution in [0.2, 0.25) is 0 Å². The average Bonchev–Trinajstić information content (AvgIpc) is 3.12. The Morgan fingerprint density at radius 1 is 1.26 bits per heavy atom. The number of benzene rings is 1. The maximum atomic E-state index is 14.4. The number of nitrogens with one attached hydrogen (secondary N) is 1. The van der Waals surface area contributed by atoms with E-state index in [2.05, 4.69) is 15.2 Å². The highest BCUT2D eigenvalue weighted by molar-refractivity contribution is 5.88. The van der Waals surface area contributed by atoms with Crippen molar-refractivity contribution in [2.45, 2.75) is 32.2 Å². The molecule has 1 atom stereocenters. The highest BCUT2D eigenvalue weighted by Gasteiger charge is 2.31. The van der Waals surface area contributed by atoms with Gasteiger partial charge in [0, 0.05) is 49.5 Å². The molecule has 1 aliphatic carbocycles. The molecule has 160 valence electrons. The van der Waals surface area contributed by atoms with Crippen LogP contribution in [0.25, 0.3) is 11.1 Å². The second-order valence-corrected chi connectivity index (χ2v) is 8.14. The minimum atomic E-state index is -0.289. The van der Waals surface area contributed by atoms with E-state index >= 15 is 0 Å². The fourth-order valence-electron chi connectivity index (χ4n) is 4.41. The van der Waals surface area contributed by atoms with Crippen LogP contribution < -0.4 is 20.7 Å². The van der Waals surface area contributed by atoms with E-state index in [1.165, 1.54) is 6.07 Å². The van der Waals surface area contributed by atoms with Gasteiger partial charge in [0.2, 0.25) is 0 Å². The number of nitrogens with two attached hydrogens (primary N) is 1. The summed E-state index contributed by atoms with van der Waals surface area (Å²) in [5.74, 6) is 1.04. The number of aryl methyl sites for hydroxylation is 1. The van der Waals surface area contributed by atoms with Crippen LogP contribution in [0.3, 0.4) is 0 Å². The third-order valence-electron chi connectivity index (χ3n) is 5.89. The van der Waals surface area contributed by atoms with Gasteiger partial charge in [-0.1, -0.05) is 0 Å². The molecule has 0 amide bonds. The van der Waals surface area contributed by atoms with Gasteiger partial charge in [-0.3, -0.25) is 4.98 Å². The van der Waals surface area contributed by atoms with E-state index in [-0.39, 0.29) is 17.9 Å². The molecule has 2 aromatic heterocycles. The Bertz CT molecular complexity index is 1130. The topological polar surface area (TPSA) is 89.2 Å². The zero-order chi connectivity index (χ0) is 21.5. The van der Waals surface area contributed by atoms with Crippen LogP contribution in [-0.4, -0.2) is 41.1 Å². The molecule has 0 spiro atoms. The van der Waals surface area contributed by atoms with Crippen LogP contribution in [-0.2, 0) is 6.42 Å². The Balaban J connectivity index is 1.63. The molecule has 1 fully saturated rings. The lowest BCUT2D eigenvalue weighted by molar-refractivity contribution is 0.435. The second-order valence-electron chi connectivity index (χ2n) is 8.14. The van der Waals surface area contributed by atoms with Crippen LogP contribution >= 0.6 is 0 Å². The van der Waals surface area contributed by atoms with E-state index in [1.807, 2.05) is 19.1 Å². The lowest BCUT2D eigenvalue weighted by Gasteiger charge is -2.33. The summed E-state index contributed by atoms with van der Waals surface area (Å²) in [5, 5.41) is 3.11. The second kappa shape index (κ2) is 7.77. The molecule has 3 aromatic rings. The normalized spacial score (nSPS) is 17.3. The number of nitrogens with zero attached hydrogens (tertiary/aromatic N) is 4. The summed E-state index contributed by atoms with van der Waals surface area (Å²) in [6, 6.07) is 7.15. The number of piperidine rings is 1. The molecule has 7 nitrogen and oxygen atoms in total. The highest BCUT2D eigenvalue weighted by Crippen LogP contribution is 2.45. The first kappa shape index (κ1) is 19.7. The van der Waals surface area contributed by atoms with Crippen molar-refractivity contribution in [2.24, 2.45) is 5.73 Å². The maximum Gasteiger partial charge on any atom is 0.324 e. The number of anilines is 2. The van der Waals surface area contributed by atoms with Gasteiger partial charge in [-0.15, -0.1) is 0 Å². The number of aromatic nitrogens is 3. The van der Waals surface area contributed by atoms with Crippen molar-refractivity contribution in [1.29, 1.82) is 0 Å². The molecule has 3 heterocycles. The minimum Gasteiger partial charge on any atom is -0.423 e. The molecule has 1 aliphatic heterocycles. The van der Waals surface area contributed by atoms with Gasteiger partial charge in [-0.2, -0.15) is 9.97 Å². The molecule has 8 heteroatoms. The Labute approximate surface area is 180 Å². The van der Waals surface area contributed by atoms with Crippen molar-refractivity contribution < 1.29 is 9.13 Å². The fourth-order valence-corrected chi connectivity index (χ4v) is 4.41. The summed E-state index contributed by atoms with van der Waals surface area (Å²) in [4.78, 5) is 15.9. The Morgan fingerprint density at radius 2 is 2.13 bits per heavy atom. The molecular weight excluding hydrogens is 395 g/mol. The number of rotatable bonds is 4. The van der Waals surface area contributed by atoms with Crippen molar-refractivity contribution in [3.63, 3.8) is 0 Å². The summed E-state index contributed by atoms with van der Waals surface area (Å²) in [6.07, 6.45) is 4.21. The first-order valence-electron chi connectivity index (χ1n) is 10.5. The van der Waals surface area contributed by atoms with Crippen molar-refractivity contribution in [1.82, 2.24) is 15.0 Å². The predicted molar refractivity (Wildman–Crippen MR) is 118 cm³/mol. The van der Waals surface area contributed by atoms with Gasteiger partial charge in [-0.25, -0.2) is 4.39 Å². The van der Waals surface area contributed by atoms with Gasteiger partial charge in [0.1, 0.15) is 17.4 Å². The first-order valence-corrected chi connectivity index (χ1v) is 10.5. The SMILES string of the molecule is CNc1cc(F)cc2c1Cc1nc(Oc3ccc(C)nc3)nc(N3CCC[C@H](N)C3)c1-2. The summed E-state index contributed by atoms with van der Waals surface area (Å²) in [6.45, 7) is 3.45. The van der Waals surface area contributed by atoms with E-state index in [0.717, 1.165) is 59.0 Å². The molecular formula is C23H25FN6O. The molecule has 1 aromatic carbocycles. The number of hydrogen-bond donors (Lipinski definition) is 2. The Morgan fingerprint density at radius 3 is 2.87 bits per heavy atom. The molecule has 0 bridgehead atoms. The molecule has 0 saturated carbocycles. The van der Waals surface area contributed by atoms with E-state index in [0.29, 0.717) is 18.7 Å². The molecule has 0 unspecified atom stereocenters. The first-order chi connectivity index (χ1) is 15.0. The van der Waals surface area contributed by atoms with E-state index in [9.17, 15) is 4.39 Å². The van der Waals surface area contributed by atoms with Crippen molar-refractivity contribution in [3.8, 4) is 22.9 Å². The zero-order valence-electron chi connectivity index (χ0n) is 17.7. The lowest BCUT2D eigenvalue weighted by atomic mass is 10.0. The smallest absolute Gasteiger partial charge is 0.324 e.